The van der Waals surface area contributed by atoms with Crippen molar-refractivity contribution >= 4 is 11.9 Å². The van der Waals surface area contributed by atoms with Crippen molar-refractivity contribution in [1.29, 1.82) is 0 Å². The van der Waals surface area contributed by atoms with Crippen LogP contribution in [0.5, 0.6) is 11.5 Å². The monoisotopic (exact) mass is 1260 g/mol. The molecule has 2 fully saturated rings. The van der Waals surface area contributed by atoms with E-state index in [1.165, 1.54) is 22.3 Å². The van der Waals surface area contributed by atoms with Gasteiger partial charge in [-0.2, -0.15) is 10.2 Å². The molecule has 0 spiro atoms. The van der Waals surface area contributed by atoms with Crippen LogP contribution >= 0.6 is 0 Å². The van der Waals surface area contributed by atoms with Gasteiger partial charge in [-0.25, -0.2) is 19.0 Å². The van der Waals surface area contributed by atoms with Crippen molar-refractivity contribution in [3.63, 3.8) is 0 Å². The van der Waals surface area contributed by atoms with Crippen LogP contribution in [0.3, 0.4) is 0 Å². The summed E-state index contributed by atoms with van der Waals surface area (Å²) < 4.78 is 31.1. The molecule has 18 heteroatoms. The van der Waals surface area contributed by atoms with Gasteiger partial charge in [0, 0.05) is 99.6 Å². The average molecular weight is 1260 g/mol. The molecule has 6 aromatic carbocycles. The van der Waals surface area contributed by atoms with Gasteiger partial charge in [0.05, 0.1) is 59.8 Å². The van der Waals surface area contributed by atoms with Crippen LogP contribution in [0, 0.1) is 0 Å². The fraction of sp³-hybridized carbons (Fsp3) is 0.368. The van der Waals surface area contributed by atoms with Crippen LogP contribution in [-0.4, -0.2) is 109 Å². The number of benzene rings is 6. The smallest absolute Gasteiger partial charge is 0.341 e. The maximum atomic E-state index is 13.0. The Hall–Kier alpha value is -9.52. The van der Waals surface area contributed by atoms with E-state index >= 15 is 0 Å². The average Bonchev–Trinajstić information content (AvgIpc) is 1.59. The number of hydrogen-bond donors (Lipinski definition) is 0. The lowest BCUT2D eigenvalue weighted by molar-refractivity contribution is 0.0515. The number of carbonyl (C=O) groups excluding carboxylic acids is 2. The first-order valence-corrected chi connectivity index (χ1v) is 33.1. The molecule has 18 nitrogen and oxygen atoms in total. The molecule has 2 aliphatic carbocycles. The Balaban J connectivity index is 0.000000171. The molecule has 14 rings (SSSR count). The minimum Gasteiger partial charge on any atom is -0.486 e. The molecule has 0 amide bonds. The van der Waals surface area contributed by atoms with Gasteiger partial charge < -0.3 is 18.9 Å². The largest absolute Gasteiger partial charge is 0.486 e. The Labute approximate surface area is 550 Å². The predicted octanol–water partition coefficient (Wildman–Crippen LogP) is 14.5. The summed E-state index contributed by atoms with van der Waals surface area (Å²) in [6.07, 6.45) is 10.9. The molecule has 0 radical (unpaired) electrons. The number of esters is 2. The van der Waals surface area contributed by atoms with Crippen molar-refractivity contribution in [3.8, 4) is 45.1 Å². The van der Waals surface area contributed by atoms with E-state index in [1.807, 2.05) is 61.8 Å². The zero-order valence-electron chi connectivity index (χ0n) is 55.5. The SMILES string of the molecule is CCOC(=O)c1cnn(-c2cccc(-c3cccc(CN4CC(C)(C)Oc5ccccc5[C@@H]4CC)c3)c2)c1[C@@H]1C[C@H]1c1cn(C)nn1.CCOC(=O)c1cnn(-c2cccc(-c3cccc(CN4CC(C)(C)Oc5ccccc5[C@H]4CC)c3)c2)c1[C@@H]1C[C@H]1c1cn(C)nn1. The lowest BCUT2D eigenvalue weighted by Crippen LogP contribution is -2.41. The molecule has 484 valence electrons. The van der Waals surface area contributed by atoms with Crippen molar-refractivity contribution in [2.75, 3.05) is 26.3 Å². The summed E-state index contributed by atoms with van der Waals surface area (Å²) in [5, 5.41) is 26.4. The summed E-state index contributed by atoms with van der Waals surface area (Å²) in [7, 11) is 3.74. The summed E-state index contributed by atoms with van der Waals surface area (Å²) in [4.78, 5) is 31.2. The molecule has 2 aliphatic heterocycles. The van der Waals surface area contributed by atoms with Crippen LogP contribution in [0.2, 0.25) is 0 Å². The van der Waals surface area contributed by atoms with Crippen molar-refractivity contribution in [2.24, 2.45) is 14.1 Å². The van der Waals surface area contributed by atoms with Gasteiger partial charge in [-0.15, -0.1) is 10.2 Å². The summed E-state index contributed by atoms with van der Waals surface area (Å²) in [5.41, 5.74) is 15.2. The highest BCUT2D eigenvalue weighted by molar-refractivity contribution is 5.92. The highest BCUT2D eigenvalue weighted by atomic mass is 16.5. The van der Waals surface area contributed by atoms with Gasteiger partial charge in [0.2, 0.25) is 0 Å². The number of fused-ring (bicyclic) bond motifs is 2. The molecule has 10 aromatic rings. The van der Waals surface area contributed by atoms with Crippen LogP contribution in [0.15, 0.2) is 170 Å². The van der Waals surface area contributed by atoms with Gasteiger partial charge in [0.15, 0.2) is 0 Å². The third-order valence-electron chi connectivity index (χ3n) is 18.5. The normalized spacial score (nSPS) is 20.2. The quantitative estimate of drug-likeness (QED) is 0.0742. The number of hydrogen-bond acceptors (Lipinski definition) is 14. The summed E-state index contributed by atoms with van der Waals surface area (Å²) in [6, 6.07) is 51.8. The highest BCUT2D eigenvalue weighted by Gasteiger charge is 2.48. The molecule has 0 unspecified atom stereocenters. The van der Waals surface area contributed by atoms with Gasteiger partial charge in [-0.1, -0.05) is 121 Å². The first-order chi connectivity index (χ1) is 45.5. The number of carbonyl (C=O) groups is 2. The van der Waals surface area contributed by atoms with E-state index in [2.05, 4.69) is 205 Å². The fourth-order valence-electron chi connectivity index (χ4n) is 14.3. The van der Waals surface area contributed by atoms with Crippen LogP contribution in [0.25, 0.3) is 33.6 Å². The molecular weight excluding hydrogens is 1180 g/mol. The van der Waals surface area contributed by atoms with Gasteiger partial charge in [-0.3, -0.25) is 19.2 Å². The van der Waals surface area contributed by atoms with Gasteiger partial charge in [0.25, 0.3) is 0 Å². The van der Waals surface area contributed by atoms with E-state index in [9.17, 15) is 9.59 Å². The van der Waals surface area contributed by atoms with Gasteiger partial charge >= 0.3 is 11.9 Å². The summed E-state index contributed by atoms with van der Waals surface area (Å²) >= 11 is 0. The van der Waals surface area contributed by atoms with Crippen LogP contribution in [-0.2, 0) is 36.7 Å². The topological polar surface area (TPSA) is 175 Å². The van der Waals surface area contributed by atoms with Crippen LogP contribution < -0.4 is 9.47 Å². The highest BCUT2D eigenvalue weighted by Crippen LogP contribution is 2.56. The van der Waals surface area contributed by atoms with E-state index < -0.39 is 0 Å². The number of rotatable bonds is 18. The second-order valence-electron chi connectivity index (χ2n) is 26.6. The fourth-order valence-corrected chi connectivity index (χ4v) is 14.3. The predicted molar refractivity (Wildman–Crippen MR) is 361 cm³/mol. The summed E-state index contributed by atoms with van der Waals surface area (Å²) in [6.45, 7) is 20.7. The van der Waals surface area contributed by atoms with Crippen LogP contribution in [0.1, 0.15) is 183 Å². The Kier molecular flexibility index (Phi) is 17.8. The first kappa shape index (κ1) is 63.2. The van der Waals surface area contributed by atoms with E-state index in [-0.39, 0.29) is 58.9 Å². The molecular formula is C76H84N12O6. The minimum atomic E-state index is -0.350. The number of para-hydroxylation sites is 2. The van der Waals surface area contributed by atoms with Crippen molar-refractivity contribution in [1.82, 2.24) is 59.3 Å². The van der Waals surface area contributed by atoms with E-state index in [1.54, 1.807) is 21.8 Å². The second-order valence-corrected chi connectivity index (χ2v) is 26.6. The zero-order valence-corrected chi connectivity index (χ0v) is 55.5. The Morgan fingerprint density at radius 1 is 0.500 bits per heavy atom. The molecule has 4 aromatic heterocycles. The Morgan fingerprint density at radius 2 is 0.894 bits per heavy atom. The maximum Gasteiger partial charge on any atom is 0.341 e. The molecule has 94 heavy (non-hydrogen) atoms. The molecule has 6 atom stereocenters. The molecule has 0 N–H and O–H groups in total. The van der Waals surface area contributed by atoms with E-state index in [0.29, 0.717) is 24.3 Å². The van der Waals surface area contributed by atoms with Gasteiger partial charge in [-0.05, 0) is 149 Å². The number of nitrogens with zero attached hydrogens (tertiary/aromatic N) is 12. The maximum absolute atomic E-state index is 13.0. The van der Waals surface area contributed by atoms with Crippen LogP contribution in [0.4, 0.5) is 0 Å². The van der Waals surface area contributed by atoms with Crippen molar-refractivity contribution < 1.29 is 28.5 Å². The lowest BCUT2D eigenvalue weighted by atomic mass is 9.99. The lowest BCUT2D eigenvalue weighted by Gasteiger charge is -2.33. The Morgan fingerprint density at radius 3 is 1.28 bits per heavy atom. The molecule has 2 saturated carbocycles. The van der Waals surface area contributed by atoms with E-state index in [0.717, 1.165) is 120 Å². The molecule has 4 aliphatic rings. The molecule has 6 heterocycles. The Bertz CT molecular complexity index is 4090. The second kappa shape index (κ2) is 26.5. The standard InChI is InChI=1S/2C38H42N6O3/c2*1-6-34-29-16-8-9-17-35(29)47-38(3,4)24-43(34)22-25-12-10-13-26(18-25)27-14-11-15-28(19-27)44-36(32(21-39-44)37(45)46-7-2)31-20-30(31)33-23-42(5)41-40-33/h2*8-19,21,23,30-31,34H,6-7,20,22,24H2,1-5H3/t30-,31-,34+;30-,31-,34-/m11/s1. The third-order valence-corrected chi connectivity index (χ3v) is 18.5. The number of aryl methyl sites for hydroxylation is 2. The molecule has 0 bridgehead atoms. The zero-order chi connectivity index (χ0) is 65.4. The van der Waals surface area contributed by atoms with Gasteiger partial charge in [0.1, 0.15) is 33.8 Å². The number of ether oxygens (including phenoxy) is 4. The number of aromatic nitrogens is 10. The van der Waals surface area contributed by atoms with Crippen molar-refractivity contribution in [2.45, 2.75) is 141 Å². The molecule has 0 saturated heterocycles. The summed E-state index contributed by atoms with van der Waals surface area (Å²) in [5.74, 6) is 1.82. The minimum absolute atomic E-state index is 0.0964. The first-order valence-electron chi connectivity index (χ1n) is 33.1. The van der Waals surface area contributed by atoms with Crippen molar-refractivity contribution in [3.05, 3.63) is 227 Å². The third kappa shape index (κ3) is 13.4. The van der Waals surface area contributed by atoms with E-state index in [4.69, 9.17) is 29.1 Å².